The largest absolute Gasteiger partial charge is 0.418 e. The van der Waals surface area contributed by atoms with Crippen molar-refractivity contribution in [3.63, 3.8) is 0 Å². The first-order chi connectivity index (χ1) is 9.41. The van der Waals surface area contributed by atoms with Gasteiger partial charge in [0.15, 0.2) is 0 Å². The van der Waals surface area contributed by atoms with Crippen LogP contribution in [0.25, 0.3) is 0 Å². The molecular weight excluding hydrogens is 307 g/mol. The lowest BCUT2D eigenvalue weighted by Gasteiger charge is -2.20. The van der Waals surface area contributed by atoms with Gasteiger partial charge in [-0.25, -0.2) is 0 Å². The van der Waals surface area contributed by atoms with Gasteiger partial charge in [-0.15, -0.1) is 11.3 Å². The standard InChI is InChI=1S/C14H13ClF3NS/c1-2-11(13-4-3-7-20-13)19-12-6-5-9(15)8-10(12)14(16,17)18/h3-8,11,19H,2H2,1H3. The van der Waals surface area contributed by atoms with Crippen molar-refractivity contribution in [2.24, 2.45) is 0 Å². The van der Waals surface area contributed by atoms with Crippen LogP contribution in [-0.4, -0.2) is 0 Å². The summed E-state index contributed by atoms with van der Waals surface area (Å²) in [5.41, 5.74) is -0.679. The van der Waals surface area contributed by atoms with E-state index in [0.717, 1.165) is 10.9 Å². The molecule has 0 radical (unpaired) electrons. The highest BCUT2D eigenvalue weighted by Crippen LogP contribution is 2.38. The van der Waals surface area contributed by atoms with E-state index < -0.39 is 11.7 Å². The summed E-state index contributed by atoms with van der Waals surface area (Å²) in [5, 5.41) is 4.95. The molecule has 0 bridgehead atoms. The Kier molecular flexibility index (Phi) is 4.60. The van der Waals surface area contributed by atoms with Gasteiger partial charge in [0.25, 0.3) is 0 Å². The molecule has 1 atom stereocenters. The summed E-state index contributed by atoms with van der Waals surface area (Å²) >= 11 is 7.19. The molecule has 1 nitrogen and oxygen atoms in total. The molecule has 20 heavy (non-hydrogen) atoms. The van der Waals surface area contributed by atoms with Gasteiger partial charge in [0.05, 0.1) is 11.6 Å². The first-order valence-electron chi connectivity index (χ1n) is 6.08. The molecule has 1 unspecified atom stereocenters. The molecule has 0 aliphatic rings. The van der Waals surface area contributed by atoms with Gasteiger partial charge in [0, 0.05) is 15.6 Å². The Bertz CT molecular complexity index is 566. The maximum Gasteiger partial charge on any atom is 0.418 e. The Morgan fingerprint density at radius 1 is 1.30 bits per heavy atom. The van der Waals surface area contributed by atoms with Crippen LogP contribution >= 0.6 is 22.9 Å². The van der Waals surface area contributed by atoms with Crippen LogP contribution in [0, 0.1) is 0 Å². The molecule has 0 saturated carbocycles. The van der Waals surface area contributed by atoms with Crippen molar-refractivity contribution in [1.82, 2.24) is 0 Å². The van der Waals surface area contributed by atoms with E-state index in [1.54, 1.807) is 0 Å². The maximum absolute atomic E-state index is 13.0. The normalized spacial score (nSPS) is 13.2. The van der Waals surface area contributed by atoms with Crippen LogP contribution in [0.3, 0.4) is 0 Å². The Balaban J connectivity index is 2.33. The van der Waals surface area contributed by atoms with E-state index in [2.05, 4.69) is 5.32 Å². The molecule has 0 aliphatic carbocycles. The van der Waals surface area contributed by atoms with Gasteiger partial charge in [0.1, 0.15) is 0 Å². The number of anilines is 1. The molecular formula is C14H13ClF3NS. The minimum Gasteiger partial charge on any atom is -0.377 e. The number of benzene rings is 1. The van der Waals surface area contributed by atoms with Crippen molar-refractivity contribution in [2.75, 3.05) is 5.32 Å². The third-order valence-electron chi connectivity index (χ3n) is 2.91. The lowest BCUT2D eigenvalue weighted by atomic mass is 10.1. The molecule has 0 amide bonds. The second-order valence-corrected chi connectivity index (χ2v) is 5.72. The Morgan fingerprint density at radius 2 is 2.05 bits per heavy atom. The number of rotatable bonds is 4. The van der Waals surface area contributed by atoms with E-state index >= 15 is 0 Å². The van der Waals surface area contributed by atoms with E-state index in [9.17, 15) is 13.2 Å². The van der Waals surface area contributed by atoms with Gasteiger partial charge in [0.2, 0.25) is 0 Å². The van der Waals surface area contributed by atoms with E-state index in [4.69, 9.17) is 11.6 Å². The van der Waals surface area contributed by atoms with Crippen molar-refractivity contribution in [3.05, 3.63) is 51.2 Å². The lowest BCUT2D eigenvalue weighted by Crippen LogP contribution is -2.14. The third kappa shape index (κ3) is 3.46. The zero-order chi connectivity index (χ0) is 14.8. The zero-order valence-electron chi connectivity index (χ0n) is 10.7. The fourth-order valence-electron chi connectivity index (χ4n) is 1.93. The van der Waals surface area contributed by atoms with E-state index in [-0.39, 0.29) is 16.8 Å². The summed E-state index contributed by atoms with van der Waals surface area (Å²) in [6.45, 7) is 1.93. The van der Waals surface area contributed by atoms with Crippen molar-refractivity contribution in [3.8, 4) is 0 Å². The molecule has 1 aromatic carbocycles. The summed E-state index contributed by atoms with van der Waals surface area (Å²) in [6.07, 6.45) is -3.73. The molecule has 108 valence electrons. The number of halogens is 4. The van der Waals surface area contributed by atoms with Crippen LogP contribution in [0.1, 0.15) is 29.8 Å². The van der Waals surface area contributed by atoms with Crippen LogP contribution in [0.2, 0.25) is 5.02 Å². The summed E-state index contributed by atoms with van der Waals surface area (Å²) in [5.74, 6) is 0. The first kappa shape index (κ1) is 15.2. The molecule has 1 heterocycles. The van der Waals surface area contributed by atoms with Crippen LogP contribution in [0.5, 0.6) is 0 Å². The average Bonchev–Trinajstić information content (AvgIpc) is 2.90. The molecule has 1 aromatic heterocycles. The lowest BCUT2D eigenvalue weighted by molar-refractivity contribution is -0.137. The number of alkyl halides is 3. The van der Waals surface area contributed by atoms with E-state index in [1.165, 1.54) is 23.5 Å². The molecule has 6 heteroatoms. The van der Waals surface area contributed by atoms with Crippen LogP contribution < -0.4 is 5.32 Å². The predicted octanol–water partition coefficient (Wildman–Crippen LogP) is 5.98. The number of hydrogen-bond acceptors (Lipinski definition) is 2. The molecule has 0 fully saturated rings. The third-order valence-corrected chi connectivity index (χ3v) is 4.13. The second kappa shape index (κ2) is 6.06. The van der Waals surface area contributed by atoms with E-state index in [0.29, 0.717) is 6.42 Å². The van der Waals surface area contributed by atoms with E-state index in [1.807, 2.05) is 24.4 Å². The fourth-order valence-corrected chi connectivity index (χ4v) is 2.96. The topological polar surface area (TPSA) is 12.0 Å². The summed E-state index contributed by atoms with van der Waals surface area (Å²) < 4.78 is 39.1. The van der Waals surface area contributed by atoms with Crippen molar-refractivity contribution in [2.45, 2.75) is 25.6 Å². The van der Waals surface area contributed by atoms with Gasteiger partial charge in [-0.05, 0) is 36.1 Å². The highest BCUT2D eigenvalue weighted by atomic mass is 35.5. The molecule has 0 spiro atoms. The van der Waals surface area contributed by atoms with Crippen molar-refractivity contribution in [1.29, 1.82) is 0 Å². The highest BCUT2D eigenvalue weighted by molar-refractivity contribution is 7.10. The molecule has 0 saturated heterocycles. The Morgan fingerprint density at radius 3 is 2.60 bits per heavy atom. The number of thiophene rings is 1. The maximum atomic E-state index is 13.0. The second-order valence-electron chi connectivity index (χ2n) is 4.31. The first-order valence-corrected chi connectivity index (χ1v) is 7.34. The number of hydrogen-bond donors (Lipinski definition) is 1. The van der Waals surface area contributed by atoms with Gasteiger partial charge in [-0.3, -0.25) is 0 Å². The monoisotopic (exact) mass is 319 g/mol. The molecule has 0 aliphatic heterocycles. The molecule has 2 rings (SSSR count). The minimum absolute atomic E-state index is 0.0575. The van der Waals surface area contributed by atoms with Gasteiger partial charge >= 0.3 is 6.18 Å². The highest BCUT2D eigenvalue weighted by Gasteiger charge is 2.34. The fraction of sp³-hybridized carbons (Fsp3) is 0.286. The zero-order valence-corrected chi connectivity index (χ0v) is 12.2. The summed E-state index contributed by atoms with van der Waals surface area (Å²) in [4.78, 5) is 1.01. The van der Waals surface area contributed by atoms with Crippen LogP contribution in [0.4, 0.5) is 18.9 Å². The molecule has 2 aromatic rings. The SMILES string of the molecule is CCC(Nc1ccc(Cl)cc1C(F)(F)F)c1cccs1. The van der Waals surface area contributed by atoms with Crippen LogP contribution in [-0.2, 0) is 6.18 Å². The summed E-state index contributed by atoms with van der Waals surface area (Å²) in [7, 11) is 0. The minimum atomic E-state index is -4.43. The Labute approximate surface area is 124 Å². The van der Waals surface area contributed by atoms with Crippen molar-refractivity contribution < 1.29 is 13.2 Å². The predicted molar refractivity (Wildman–Crippen MR) is 77.4 cm³/mol. The quantitative estimate of drug-likeness (QED) is 0.730. The van der Waals surface area contributed by atoms with Gasteiger partial charge < -0.3 is 5.32 Å². The van der Waals surface area contributed by atoms with Crippen molar-refractivity contribution >= 4 is 28.6 Å². The number of nitrogens with one attached hydrogen (secondary N) is 1. The average molecular weight is 320 g/mol. The van der Waals surface area contributed by atoms with Gasteiger partial charge in [-0.2, -0.15) is 13.2 Å². The molecule has 1 N–H and O–H groups in total. The summed E-state index contributed by atoms with van der Waals surface area (Å²) in [6, 6.07) is 7.44. The Hall–Kier alpha value is -1.20. The van der Waals surface area contributed by atoms with Crippen LogP contribution in [0.15, 0.2) is 35.7 Å². The smallest absolute Gasteiger partial charge is 0.377 e. The van der Waals surface area contributed by atoms with Gasteiger partial charge in [-0.1, -0.05) is 24.6 Å².